The normalized spacial score (nSPS) is 17.0. The molecule has 1 saturated heterocycles. The zero-order chi connectivity index (χ0) is 21.9. The Morgan fingerprint density at radius 3 is 2.29 bits per heavy atom. The van der Waals surface area contributed by atoms with Crippen molar-refractivity contribution < 1.29 is 19.1 Å². The standard InChI is InChI=1S/C24H31N3O4/c1-30-24(29)27-22(23(28)26-14-8-13-20-17-25-15-16-31-20)21(18-9-4-2-5-10-18)19-11-6-3-7-12-19/h2-7,9-12,20-22,25H,8,13-17H2,1H3,(H,26,28)(H,27,29)/t20?,22-/m0/s1. The molecule has 3 rings (SSSR count). The van der Waals surface area contributed by atoms with Crippen LogP contribution in [-0.2, 0) is 14.3 Å². The van der Waals surface area contributed by atoms with E-state index in [0.29, 0.717) is 6.54 Å². The number of carbonyl (C=O) groups excluding carboxylic acids is 2. The molecule has 0 spiro atoms. The van der Waals surface area contributed by atoms with Gasteiger partial charge in [0.2, 0.25) is 5.91 Å². The molecule has 0 radical (unpaired) electrons. The summed E-state index contributed by atoms with van der Waals surface area (Å²) < 4.78 is 10.5. The summed E-state index contributed by atoms with van der Waals surface area (Å²) in [6.07, 6.45) is 1.20. The van der Waals surface area contributed by atoms with Crippen LogP contribution < -0.4 is 16.0 Å². The van der Waals surface area contributed by atoms with Crippen molar-refractivity contribution in [1.82, 2.24) is 16.0 Å². The minimum absolute atomic E-state index is 0.177. The van der Waals surface area contributed by atoms with Crippen LogP contribution in [0.1, 0.15) is 29.9 Å². The van der Waals surface area contributed by atoms with Crippen molar-refractivity contribution in [3.05, 3.63) is 71.8 Å². The third kappa shape index (κ3) is 6.80. The van der Waals surface area contributed by atoms with E-state index >= 15 is 0 Å². The van der Waals surface area contributed by atoms with E-state index in [1.54, 1.807) is 0 Å². The van der Waals surface area contributed by atoms with Gasteiger partial charge in [0.1, 0.15) is 6.04 Å². The third-order valence-corrected chi connectivity index (χ3v) is 5.40. The van der Waals surface area contributed by atoms with Gasteiger partial charge >= 0.3 is 6.09 Å². The molecule has 1 unspecified atom stereocenters. The van der Waals surface area contributed by atoms with Crippen LogP contribution in [0.2, 0.25) is 0 Å². The molecule has 2 atom stereocenters. The minimum Gasteiger partial charge on any atom is -0.453 e. The molecule has 7 nitrogen and oxygen atoms in total. The molecule has 1 aliphatic rings. The number of hydrogen-bond donors (Lipinski definition) is 3. The summed E-state index contributed by atoms with van der Waals surface area (Å²) >= 11 is 0. The highest BCUT2D eigenvalue weighted by Crippen LogP contribution is 2.28. The molecule has 0 saturated carbocycles. The number of morpholine rings is 1. The van der Waals surface area contributed by atoms with E-state index < -0.39 is 12.1 Å². The molecule has 1 fully saturated rings. The molecule has 166 valence electrons. The Morgan fingerprint density at radius 2 is 1.74 bits per heavy atom. The summed E-state index contributed by atoms with van der Waals surface area (Å²) in [5.41, 5.74) is 1.87. The second-order valence-electron chi connectivity index (χ2n) is 7.54. The fraction of sp³-hybridized carbons (Fsp3) is 0.417. The fourth-order valence-electron chi connectivity index (χ4n) is 3.84. The number of nitrogens with one attached hydrogen (secondary N) is 3. The molecule has 2 aromatic carbocycles. The molecule has 0 aliphatic carbocycles. The molecule has 1 aliphatic heterocycles. The molecule has 3 N–H and O–H groups in total. The Bertz CT molecular complexity index is 771. The first-order valence-corrected chi connectivity index (χ1v) is 10.7. The number of methoxy groups -OCH3 is 1. The summed E-state index contributed by atoms with van der Waals surface area (Å²) in [6.45, 7) is 2.95. The van der Waals surface area contributed by atoms with Crippen LogP contribution in [-0.4, -0.2) is 57.5 Å². The first-order valence-electron chi connectivity index (χ1n) is 10.7. The van der Waals surface area contributed by atoms with Gasteiger partial charge in [0.15, 0.2) is 0 Å². The number of amides is 2. The third-order valence-electron chi connectivity index (χ3n) is 5.40. The summed E-state index contributed by atoms with van der Waals surface area (Å²) in [6, 6.07) is 18.6. The summed E-state index contributed by atoms with van der Waals surface area (Å²) in [5, 5.41) is 9.04. The van der Waals surface area contributed by atoms with Crippen LogP contribution in [0.3, 0.4) is 0 Å². The lowest BCUT2D eigenvalue weighted by molar-refractivity contribution is -0.123. The topological polar surface area (TPSA) is 88.7 Å². The monoisotopic (exact) mass is 425 g/mol. The van der Waals surface area contributed by atoms with E-state index in [1.807, 2.05) is 60.7 Å². The van der Waals surface area contributed by atoms with Crippen molar-refractivity contribution in [2.75, 3.05) is 33.4 Å². The molecule has 31 heavy (non-hydrogen) atoms. The molecule has 0 aromatic heterocycles. The van der Waals surface area contributed by atoms with Gasteiger partial charge in [0.05, 0.1) is 19.8 Å². The number of ether oxygens (including phenoxy) is 2. The van der Waals surface area contributed by atoms with Crippen LogP contribution in [0.4, 0.5) is 4.79 Å². The van der Waals surface area contributed by atoms with Gasteiger partial charge in [-0.1, -0.05) is 60.7 Å². The SMILES string of the molecule is COC(=O)N[C@H](C(=O)NCCCC1CNCCO1)C(c1ccccc1)c1ccccc1. The van der Waals surface area contributed by atoms with Gasteiger partial charge in [-0.25, -0.2) is 4.79 Å². The van der Waals surface area contributed by atoms with Crippen LogP contribution >= 0.6 is 0 Å². The Kier molecular flexibility index (Phi) is 8.87. The Hall–Kier alpha value is -2.90. The highest BCUT2D eigenvalue weighted by atomic mass is 16.5. The van der Waals surface area contributed by atoms with Crippen molar-refractivity contribution >= 4 is 12.0 Å². The lowest BCUT2D eigenvalue weighted by Crippen LogP contribution is -2.50. The molecular weight excluding hydrogens is 394 g/mol. The molecule has 2 aromatic rings. The van der Waals surface area contributed by atoms with Crippen LogP contribution in [0, 0.1) is 0 Å². The zero-order valence-electron chi connectivity index (χ0n) is 17.9. The van der Waals surface area contributed by atoms with Gasteiger partial charge in [0.25, 0.3) is 0 Å². The Labute approximate surface area is 183 Å². The first-order chi connectivity index (χ1) is 15.2. The predicted octanol–water partition coefficient (Wildman–Crippen LogP) is 2.43. The highest BCUT2D eigenvalue weighted by molar-refractivity contribution is 5.87. The van der Waals surface area contributed by atoms with Crippen LogP contribution in [0.5, 0.6) is 0 Å². The maximum absolute atomic E-state index is 13.2. The lowest BCUT2D eigenvalue weighted by atomic mass is 9.84. The second kappa shape index (κ2) is 12.1. The minimum atomic E-state index is -0.815. The predicted molar refractivity (Wildman–Crippen MR) is 119 cm³/mol. The summed E-state index contributed by atoms with van der Waals surface area (Å²) in [7, 11) is 1.29. The quantitative estimate of drug-likeness (QED) is 0.537. The first kappa shape index (κ1) is 22.8. The van der Waals surface area contributed by atoms with Gasteiger partial charge in [0, 0.05) is 25.6 Å². The molecule has 2 amide bonds. The van der Waals surface area contributed by atoms with E-state index in [0.717, 1.165) is 43.7 Å². The van der Waals surface area contributed by atoms with Crippen molar-refractivity contribution in [2.45, 2.75) is 30.9 Å². The van der Waals surface area contributed by atoms with Crippen LogP contribution in [0.15, 0.2) is 60.7 Å². The molecule has 1 heterocycles. The van der Waals surface area contributed by atoms with Crippen molar-refractivity contribution in [1.29, 1.82) is 0 Å². The van der Waals surface area contributed by atoms with Gasteiger partial charge in [-0.2, -0.15) is 0 Å². The molecule has 7 heteroatoms. The van der Waals surface area contributed by atoms with Crippen LogP contribution in [0.25, 0.3) is 0 Å². The largest absolute Gasteiger partial charge is 0.453 e. The molecular formula is C24H31N3O4. The van der Waals surface area contributed by atoms with Crippen molar-refractivity contribution in [3.8, 4) is 0 Å². The van der Waals surface area contributed by atoms with Gasteiger partial charge in [-0.3, -0.25) is 4.79 Å². The fourth-order valence-corrected chi connectivity index (χ4v) is 3.84. The van der Waals surface area contributed by atoms with E-state index in [9.17, 15) is 9.59 Å². The Morgan fingerprint density at radius 1 is 1.10 bits per heavy atom. The number of hydrogen-bond acceptors (Lipinski definition) is 5. The van der Waals surface area contributed by atoms with Crippen molar-refractivity contribution in [2.24, 2.45) is 0 Å². The average molecular weight is 426 g/mol. The molecule has 0 bridgehead atoms. The number of rotatable bonds is 9. The zero-order valence-corrected chi connectivity index (χ0v) is 17.9. The van der Waals surface area contributed by atoms with Crippen molar-refractivity contribution in [3.63, 3.8) is 0 Å². The van der Waals surface area contributed by atoms with Gasteiger partial charge < -0.3 is 25.4 Å². The number of alkyl carbamates (subject to hydrolysis) is 1. The second-order valence-corrected chi connectivity index (χ2v) is 7.54. The summed E-state index contributed by atoms with van der Waals surface area (Å²) in [5.74, 6) is -0.599. The van der Waals surface area contributed by atoms with E-state index in [1.165, 1.54) is 7.11 Å². The van der Waals surface area contributed by atoms with E-state index in [-0.39, 0.29) is 17.9 Å². The van der Waals surface area contributed by atoms with E-state index in [4.69, 9.17) is 9.47 Å². The van der Waals surface area contributed by atoms with Gasteiger partial charge in [-0.05, 0) is 24.0 Å². The number of carbonyl (C=O) groups is 2. The maximum atomic E-state index is 13.2. The average Bonchev–Trinajstić information content (AvgIpc) is 2.83. The smallest absolute Gasteiger partial charge is 0.407 e. The number of benzene rings is 2. The lowest BCUT2D eigenvalue weighted by Gasteiger charge is -2.28. The highest BCUT2D eigenvalue weighted by Gasteiger charge is 2.32. The summed E-state index contributed by atoms with van der Waals surface area (Å²) in [4.78, 5) is 25.3. The van der Waals surface area contributed by atoms with Gasteiger partial charge in [-0.15, -0.1) is 0 Å². The Balaban J connectivity index is 1.73. The maximum Gasteiger partial charge on any atom is 0.407 e. The van der Waals surface area contributed by atoms with E-state index in [2.05, 4.69) is 16.0 Å².